The number of carbonyl (C=O) groups is 2. The van der Waals surface area contributed by atoms with Crippen molar-refractivity contribution in [1.82, 2.24) is 5.32 Å². The van der Waals surface area contributed by atoms with Crippen LogP contribution in [0, 0.1) is 11.8 Å². The first-order valence-corrected chi connectivity index (χ1v) is 9.00. The Balaban J connectivity index is 1.48. The number of hydrogen-bond donors (Lipinski definition) is 2. The number of rotatable bonds is 5. The van der Waals surface area contributed by atoms with Gasteiger partial charge in [0.2, 0.25) is 5.91 Å². The second kappa shape index (κ2) is 6.24. The van der Waals surface area contributed by atoms with E-state index in [2.05, 4.69) is 11.4 Å². The second-order valence-electron chi connectivity index (χ2n) is 7.35. The fourth-order valence-electron chi connectivity index (χ4n) is 4.14. The zero-order valence-electron chi connectivity index (χ0n) is 14.1. The standard InChI is InChI=1S/C19H23NO5/c21-17(13-10-14(13)18(22)23)20-11-19(5-1-2-6-19)12-3-4-15-16(9-12)25-8-7-24-15/h3-4,9,13-14H,1-2,5-8,10-11H2,(H,20,21)(H,22,23). The van der Waals surface area contributed by atoms with Crippen LogP contribution in [0.15, 0.2) is 18.2 Å². The van der Waals surface area contributed by atoms with Gasteiger partial charge in [0, 0.05) is 12.0 Å². The van der Waals surface area contributed by atoms with E-state index in [0.29, 0.717) is 26.2 Å². The maximum absolute atomic E-state index is 12.3. The van der Waals surface area contributed by atoms with Gasteiger partial charge in [-0.3, -0.25) is 9.59 Å². The van der Waals surface area contributed by atoms with Gasteiger partial charge in [-0.25, -0.2) is 0 Å². The first-order valence-electron chi connectivity index (χ1n) is 9.00. The number of benzene rings is 1. The molecule has 1 aromatic carbocycles. The van der Waals surface area contributed by atoms with Crippen LogP contribution in [0.1, 0.15) is 37.7 Å². The van der Waals surface area contributed by atoms with Crippen LogP contribution in [0.3, 0.4) is 0 Å². The van der Waals surface area contributed by atoms with Gasteiger partial charge in [-0.15, -0.1) is 0 Å². The lowest BCUT2D eigenvalue weighted by atomic mass is 9.78. The Bertz CT molecular complexity index is 695. The lowest BCUT2D eigenvalue weighted by Gasteiger charge is -2.31. The molecule has 4 rings (SSSR count). The largest absolute Gasteiger partial charge is 0.486 e. The average Bonchev–Trinajstić information content (AvgIpc) is 3.30. The summed E-state index contributed by atoms with van der Waals surface area (Å²) in [4.78, 5) is 23.2. The highest BCUT2D eigenvalue weighted by atomic mass is 16.6. The normalized spacial score (nSPS) is 26.1. The number of nitrogens with one attached hydrogen (secondary N) is 1. The maximum Gasteiger partial charge on any atom is 0.307 e. The molecule has 2 atom stereocenters. The van der Waals surface area contributed by atoms with Crippen LogP contribution < -0.4 is 14.8 Å². The first kappa shape index (κ1) is 16.2. The molecule has 0 aromatic heterocycles. The summed E-state index contributed by atoms with van der Waals surface area (Å²) in [5, 5.41) is 12.0. The van der Waals surface area contributed by atoms with Crippen molar-refractivity contribution in [3.8, 4) is 11.5 Å². The number of amides is 1. The fourth-order valence-corrected chi connectivity index (χ4v) is 4.14. The molecule has 2 unspecified atom stereocenters. The smallest absolute Gasteiger partial charge is 0.307 e. The molecule has 0 bridgehead atoms. The first-order chi connectivity index (χ1) is 12.1. The summed E-state index contributed by atoms with van der Waals surface area (Å²) in [6.07, 6.45) is 4.75. The van der Waals surface area contributed by atoms with Crippen molar-refractivity contribution >= 4 is 11.9 Å². The summed E-state index contributed by atoms with van der Waals surface area (Å²) < 4.78 is 11.3. The SMILES string of the molecule is O=C(O)C1CC1C(=O)NCC1(c2ccc3c(c2)OCCO3)CCCC1. The number of hydrogen-bond acceptors (Lipinski definition) is 4. The number of ether oxygens (including phenoxy) is 2. The van der Waals surface area contributed by atoms with Gasteiger partial charge in [0.15, 0.2) is 11.5 Å². The Morgan fingerprint density at radius 2 is 1.84 bits per heavy atom. The van der Waals surface area contributed by atoms with E-state index >= 15 is 0 Å². The maximum atomic E-state index is 12.3. The van der Waals surface area contributed by atoms with Crippen molar-refractivity contribution in [2.45, 2.75) is 37.5 Å². The molecular weight excluding hydrogens is 322 g/mol. The van der Waals surface area contributed by atoms with Crippen LogP contribution >= 0.6 is 0 Å². The zero-order valence-corrected chi connectivity index (χ0v) is 14.1. The van der Waals surface area contributed by atoms with Crippen molar-refractivity contribution in [2.24, 2.45) is 11.8 Å². The summed E-state index contributed by atoms with van der Waals surface area (Å²) in [5.74, 6) is -0.326. The van der Waals surface area contributed by atoms with E-state index in [0.717, 1.165) is 37.2 Å². The van der Waals surface area contributed by atoms with Crippen LogP contribution in [0.5, 0.6) is 11.5 Å². The van der Waals surface area contributed by atoms with Gasteiger partial charge in [-0.1, -0.05) is 18.9 Å². The van der Waals surface area contributed by atoms with Gasteiger partial charge in [0.25, 0.3) is 0 Å². The quantitative estimate of drug-likeness (QED) is 0.854. The van der Waals surface area contributed by atoms with Crippen molar-refractivity contribution in [2.75, 3.05) is 19.8 Å². The molecule has 134 valence electrons. The van der Waals surface area contributed by atoms with E-state index in [4.69, 9.17) is 14.6 Å². The highest BCUT2D eigenvalue weighted by Gasteiger charge is 2.49. The number of carboxylic acid groups (broad SMARTS) is 1. The molecule has 1 aliphatic heterocycles. The minimum Gasteiger partial charge on any atom is -0.486 e. The van der Waals surface area contributed by atoms with Crippen molar-refractivity contribution in [1.29, 1.82) is 0 Å². The summed E-state index contributed by atoms with van der Waals surface area (Å²) in [5.41, 5.74) is 1.07. The highest BCUT2D eigenvalue weighted by Crippen LogP contribution is 2.44. The number of aliphatic carboxylic acids is 1. The van der Waals surface area contributed by atoms with Gasteiger partial charge < -0.3 is 19.9 Å². The Labute approximate surface area is 146 Å². The predicted octanol–water partition coefficient (Wildman–Crippen LogP) is 2.11. The monoisotopic (exact) mass is 345 g/mol. The minimum absolute atomic E-state index is 0.0981. The van der Waals surface area contributed by atoms with Gasteiger partial charge in [0.1, 0.15) is 13.2 Å². The van der Waals surface area contributed by atoms with Crippen molar-refractivity contribution < 1.29 is 24.2 Å². The molecule has 3 aliphatic rings. The van der Waals surface area contributed by atoms with Crippen LogP contribution in [-0.4, -0.2) is 36.7 Å². The van der Waals surface area contributed by atoms with Crippen LogP contribution in [0.25, 0.3) is 0 Å². The Kier molecular flexibility index (Phi) is 4.06. The number of carboxylic acids is 1. The van der Waals surface area contributed by atoms with Gasteiger partial charge in [0.05, 0.1) is 11.8 Å². The molecule has 6 heteroatoms. The van der Waals surface area contributed by atoms with E-state index < -0.39 is 11.9 Å². The molecule has 0 spiro atoms. The van der Waals surface area contributed by atoms with E-state index in [1.54, 1.807) is 0 Å². The average molecular weight is 345 g/mol. The molecule has 2 N–H and O–H groups in total. The third-order valence-corrected chi connectivity index (χ3v) is 5.76. The third kappa shape index (κ3) is 3.05. The lowest BCUT2D eigenvalue weighted by Crippen LogP contribution is -2.40. The molecule has 1 aromatic rings. The summed E-state index contributed by atoms with van der Waals surface area (Å²) >= 11 is 0. The fraction of sp³-hybridized carbons (Fsp3) is 0.579. The molecule has 2 fully saturated rings. The third-order valence-electron chi connectivity index (χ3n) is 5.76. The molecule has 1 amide bonds. The topological polar surface area (TPSA) is 84.9 Å². The molecule has 0 saturated heterocycles. The van der Waals surface area contributed by atoms with Gasteiger partial charge in [-0.05, 0) is 37.0 Å². The molecule has 25 heavy (non-hydrogen) atoms. The number of carbonyl (C=O) groups excluding carboxylic acids is 1. The number of fused-ring (bicyclic) bond motifs is 1. The lowest BCUT2D eigenvalue weighted by molar-refractivity contribution is -0.140. The summed E-state index contributed by atoms with van der Waals surface area (Å²) in [7, 11) is 0. The minimum atomic E-state index is -0.873. The Hall–Kier alpha value is -2.24. The van der Waals surface area contributed by atoms with E-state index in [-0.39, 0.29) is 17.2 Å². The van der Waals surface area contributed by atoms with E-state index in [1.165, 1.54) is 5.56 Å². The van der Waals surface area contributed by atoms with Gasteiger partial charge >= 0.3 is 5.97 Å². The van der Waals surface area contributed by atoms with E-state index in [1.807, 2.05) is 12.1 Å². The van der Waals surface area contributed by atoms with Crippen LogP contribution in [0.2, 0.25) is 0 Å². The van der Waals surface area contributed by atoms with Gasteiger partial charge in [-0.2, -0.15) is 0 Å². The molecule has 6 nitrogen and oxygen atoms in total. The molecule has 1 heterocycles. The molecule has 2 aliphatic carbocycles. The summed E-state index contributed by atoms with van der Waals surface area (Å²) in [6, 6.07) is 6.07. The van der Waals surface area contributed by atoms with Crippen molar-refractivity contribution in [3.05, 3.63) is 23.8 Å². The molecule has 2 saturated carbocycles. The zero-order chi connectivity index (χ0) is 17.4. The Morgan fingerprint density at radius 3 is 2.52 bits per heavy atom. The van der Waals surface area contributed by atoms with E-state index in [9.17, 15) is 9.59 Å². The molecular formula is C19H23NO5. The van der Waals surface area contributed by atoms with Crippen molar-refractivity contribution in [3.63, 3.8) is 0 Å². The predicted molar refractivity (Wildman–Crippen MR) is 89.8 cm³/mol. The highest BCUT2D eigenvalue weighted by molar-refractivity contribution is 5.89. The molecule has 0 radical (unpaired) electrons. The Morgan fingerprint density at radius 1 is 1.12 bits per heavy atom. The second-order valence-corrected chi connectivity index (χ2v) is 7.35. The van der Waals surface area contributed by atoms with Crippen LogP contribution in [-0.2, 0) is 15.0 Å². The summed E-state index contributed by atoms with van der Waals surface area (Å²) in [6.45, 7) is 1.67. The van der Waals surface area contributed by atoms with Crippen LogP contribution in [0.4, 0.5) is 0 Å².